The molecule has 0 saturated carbocycles. The van der Waals surface area contributed by atoms with Crippen LogP contribution in [0, 0.1) is 0 Å². The highest BCUT2D eigenvalue weighted by Gasteiger charge is 2.24. The fraction of sp³-hybridized carbons (Fsp3) is 0.966. The molecule has 0 fully saturated rings. The molecule has 0 aliphatic carbocycles. The minimum absolute atomic E-state index is 0.234. The van der Waals surface area contributed by atoms with Gasteiger partial charge in [-0.25, -0.2) is 0 Å². The van der Waals surface area contributed by atoms with Crippen LogP contribution >= 0.6 is 0 Å². The molecule has 0 saturated heterocycles. The monoisotopic (exact) mass is 470 g/mol. The van der Waals surface area contributed by atoms with Crippen LogP contribution in [0.1, 0.15) is 149 Å². The number of quaternary nitrogens is 1. The van der Waals surface area contributed by atoms with Gasteiger partial charge in [0, 0.05) is 12.4 Å². The predicted molar refractivity (Wildman–Crippen MR) is 144 cm³/mol. The van der Waals surface area contributed by atoms with E-state index in [-0.39, 0.29) is 6.42 Å². The first-order valence-corrected chi connectivity index (χ1v) is 14.6. The lowest BCUT2D eigenvalue weighted by Crippen LogP contribution is -2.49. The molecule has 0 bridgehead atoms. The summed E-state index contributed by atoms with van der Waals surface area (Å²) in [7, 11) is 4.68. The molecule has 0 amide bonds. The zero-order chi connectivity index (χ0) is 25.2. The third kappa shape index (κ3) is 25.8. The third-order valence-electron chi connectivity index (χ3n) is 6.99. The van der Waals surface area contributed by atoms with Gasteiger partial charge < -0.3 is 20.1 Å². The molecule has 1 unspecified atom stereocenters. The Morgan fingerprint density at radius 1 is 0.697 bits per heavy atom. The molecule has 200 valence electrons. The van der Waals surface area contributed by atoms with E-state index in [1.54, 1.807) is 0 Å². The van der Waals surface area contributed by atoms with E-state index in [0.29, 0.717) is 0 Å². The Hall–Kier alpha value is -0.610. The van der Waals surface area contributed by atoms with E-state index in [4.69, 9.17) is 5.73 Å². The van der Waals surface area contributed by atoms with Gasteiger partial charge in [0.15, 0.2) is 0 Å². The van der Waals surface area contributed by atoms with Crippen LogP contribution in [0.4, 0.5) is 0 Å². The molecule has 0 rings (SSSR count). The van der Waals surface area contributed by atoms with Crippen LogP contribution in [0.2, 0.25) is 0 Å². The molecule has 33 heavy (non-hydrogen) atoms. The van der Waals surface area contributed by atoms with Gasteiger partial charge in [-0.15, -0.1) is 0 Å². The number of rotatable bonds is 23. The lowest BCUT2D eigenvalue weighted by Gasteiger charge is -2.37. The maximum Gasteiger partial charge on any atom is 0.0884 e. The molecule has 0 aromatic rings. The van der Waals surface area contributed by atoms with E-state index in [1.807, 2.05) is 0 Å². The summed E-state index contributed by atoms with van der Waals surface area (Å²) >= 11 is 0. The Morgan fingerprint density at radius 2 is 1.12 bits per heavy atom. The molecule has 0 aromatic heterocycles. The largest absolute Gasteiger partial charge is 0.550 e. The van der Waals surface area contributed by atoms with Crippen LogP contribution in [0.3, 0.4) is 0 Å². The highest BCUT2D eigenvalue weighted by Crippen LogP contribution is 2.16. The van der Waals surface area contributed by atoms with Gasteiger partial charge in [0.2, 0.25) is 0 Å². The number of hydrogen-bond donors (Lipinski definition) is 1. The minimum Gasteiger partial charge on any atom is -0.550 e. The standard InChI is InChI=1S/C18H36O2.C11H27N2/c1-2-3-4-5-6-7-8-9-10-11-12-13-14-15-16-17-18(19)20;1-5-10-13(3,4)11(6-2)8-7-9-12/h2-17H2,1H3,(H,19,20);11H,5-10,12H2,1-4H3/q;+1/p-1. The Labute approximate surface area is 208 Å². The number of unbranched alkanes of at least 4 members (excludes halogenated alkanes) is 14. The maximum absolute atomic E-state index is 10.2. The van der Waals surface area contributed by atoms with Gasteiger partial charge in [-0.2, -0.15) is 0 Å². The van der Waals surface area contributed by atoms with Crippen LogP contribution in [-0.4, -0.2) is 43.7 Å². The Balaban J connectivity index is 0. The number of nitrogens with zero attached hydrogens (tertiary/aromatic N) is 1. The van der Waals surface area contributed by atoms with Crippen LogP contribution in [-0.2, 0) is 4.79 Å². The van der Waals surface area contributed by atoms with Crippen molar-refractivity contribution in [1.82, 2.24) is 0 Å². The first-order valence-electron chi connectivity index (χ1n) is 14.6. The van der Waals surface area contributed by atoms with Crippen molar-refractivity contribution in [3.8, 4) is 0 Å². The minimum atomic E-state index is -0.903. The second-order valence-electron chi connectivity index (χ2n) is 10.6. The molecule has 1 atom stereocenters. The Kier molecular flexibility index (Phi) is 27.2. The fourth-order valence-corrected chi connectivity index (χ4v) is 4.80. The van der Waals surface area contributed by atoms with Crippen LogP contribution < -0.4 is 10.8 Å². The molecule has 4 nitrogen and oxygen atoms in total. The predicted octanol–water partition coefficient (Wildman–Crippen LogP) is 6.99. The zero-order valence-electron chi connectivity index (χ0n) is 23.5. The highest BCUT2D eigenvalue weighted by atomic mass is 16.4. The van der Waals surface area contributed by atoms with Crippen LogP contribution in [0.25, 0.3) is 0 Å². The summed E-state index contributed by atoms with van der Waals surface area (Å²) in [6.07, 6.45) is 24.8. The van der Waals surface area contributed by atoms with Gasteiger partial charge in [0.1, 0.15) is 0 Å². The van der Waals surface area contributed by atoms with Gasteiger partial charge >= 0.3 is 0 Å². The average Bonchev–Trinajstić information content (AvgIpc) is 2.77. The van der Waals surface area contributed by atoms with E-state index in [2.05, 4.69) is 34.9 Å². The van der Waals surface area contributed by atoms with Crippen molar-refractivity contribution in [2.24, 2.45) is 5.73 Å². The van der Waals surface area contributed by atoms with Crippen molar-refractivity contribution in [3.05, 3.63) is 0 Å². The topological polar surface area (TPSA) is 66.1 Å². The van der Waals surface area contributed by atoms with E-state index in [9.17, 15) is 9.90 Å². The Bertz CT molecular complexity index is 399. The van der Waals surface area contributed by atoms with Crippen molar-refractivity contribution in [2.45, 2.75) is 155 Å². The number of nitrogens with two attached hydrogens (primary N) is 1. The van der Waals surface area contributed by atoms with Gasteiger partial charge in [0.25, 0.3) is 0 Å². The maximum atomic E-state index is 10.2. The number of carboxylic acids is 1. The second-order valence-corrected chi connectivity index (χ2v) is 10.6. The molecular weight excluding hydrogens is 408 g/mol. The molecule has 0 aliphatic heterocycles. The van der Waals surface area contributed by atoms with E-state index < -0.39 is 5.97 Å². The smallest absolute Gasteiger partial charge is 0.0884 e. The summed E-state index contributed by atoms with van der Waals surface area (Å²) in [4.78, 5) is 10.2. The SMILES string of the molecule is CCCCCCCCCCCCCCCCCC(=O)[O-].CCC[N+](C)(C)C(CC)CCCN. The zero-order valence-corrected chi connectivity index (χ0v) is 23.5. The van der Waals surface area contributed by atoms with Crippen molar-refractivity contribution >= 4 is 5.97 Å². The summed E-state index contributed by atoms with van der Waals surface area (Å²) in [6.45, 7) is 8.93. The number of aliphatic carboxylic acids is 1. The quantitative estimate of drug-likeness (QED) is 0.129. The highest BCUT2D eigenvalue weighted by molar-refractivity contribution is 5.63. The summed E-state index contributed by atoms with van der Waals surface area (Å²) in [5, 5.41) is 10.2. The van der Waals surface area contributed by atoms with Gasteiger partial charge in [0.05, 0.1) is 26.7 Å². The normalized spacial score (nSPS) is 12.3. The van der Waals surface area contributed by atoms with Crippen molar-refractivity contribution in [2.75, 3.05) is 27.2 Å². The lowest BCUT2D eigenvalue weighted by atomic mass is 10.0. The Morgan fingerprint density at radius 3 is 1.45 bits per heavy atom. The third-order valence-corrected chi connectivity index (χ3v) is 6.99. The van der Waals surface area contributed by atoms with Crippen molar-refractivity contribution in [3.63, 3.8) is 0 Å². The summed E-state index contributed by atoms with van der Waals surface area (Å²) in [5.41, 5.74) is 5.54. The second kappa shape index (κ2) is 26.0. The number of carboxylic acid groups (broad SMARTS) is 1. The molecule has 2 N–H and O–H groups in total. The molecule has 0 aliphatic rings. The first kappa shape index (κ1) is 34.6. The number of carbonyl (C=O) groups is 1. The van der Waals surface area contributed by atoms with E-state index in [1.165, 1.54) is 116 Å². The van der Waals surface area contributed by atoms with Gasteiger partial charge in [-0.05, 0) is 38.6 Å². The number of hydrogen-bond acceptors (Lipinski definition) is 3. The van der Waals surface area contributed by atoms with Crippen LogP contribution in [0.15, 0.2) is 0 Å². The lowest BCUT2D eigenvalue weighted by molar-refractivity contribution is -0.915. The number of carbonyl (C=O) groups excluding carboxylic acids is 1. The summed E-state index contributed by atoms with van der Waals surface area (Å²) in [5.74, 6) is -0.903. The first-order chi connectivity index (χ1) is 15.9. The molecular formula is C29H62N2O2. The van der Waals surface area contributed by atoms with Crippen molar-refractivity contribution < 1.29 is 14.4 Å². The van der Waals surface area contributed by atoms with Crippen LogP contribution in [0.5, 0.6) is 0 Å². The molecule has 4 heteroatoms. The van der Waals surface area contributed by atoms with E-state index >= 15 is 0 Å². The van der Waals surface area contributed by atoms with E-state index in [0.717, 1.165) is 29.9 Å². The molecule has 0 spiro atoms. The summed E-state index contributed by atoms with van der Waals surface area (Å²) in [6, 6.07) is 0.795. The molecule has 0 radical (unpaired) electrons. The van der Waals surface area contributed by atoms with Gasteiger partial charge in [-0.1, -0.05) is 111 Å². The van der Waals surface area contributed by atoms with Gasteiger partial charge in [-0.3, -0.25) is 0 Å². The molecule has 0 aromatic carbocycles. The summed E-state index contributed by atoms with van der Waals surface area (Å²) < 4.78 is 1.16. The van der Waals surface area contributed by atoms with Crippen molar-refractivity contribution in [1.29, 1.82) is 0 Å². The molecule has 0 heterocycles. The average molecular weight is 471 g/mol. The fourth-order valence-electron chi connectivity index (χ4n) is 4.80.